The Labute approximate surface area is 206 Å². The Hall–Kier alpha value is -1.03. The first kappa shape index (κ1) is 25.0. The first-order chi connectivity index (χ1) is 12.8. The molecule has 0 aliphatic heterocycles. The SMILES string of the molecule is COc1ccc(/C=C\c2cc(OC)c(OC)c(OC)c2)cc1OP(=O)(O)O.[KH]. The summed E-state index contributed by atoms with van der Waals surface area (Å²) in [4.78, 5) is 18.1. The summed E-state index contributed by atoms with van der Waals surface area (Å²) in [5, 5.41) is 0. The molecular formula is C18H22KO8P. The van der Waals surface area contributed by atoms with E-state index in [2.05, 4.69) is 4.52 Å². The summed E-state index contributed by atoms with van der Waals surface area (Å²) in [6.07, 6.45) is 3.53. The van der Waals surface area contributed by atoms with Crippen LogP contribution >= 0.6 is 7.82 Å². The number of hydrogen-bond acceptors (Lipinski definition) is 6. The summed E-state index contributed by atoms with van der Waals surface area (Å²) < 4.78 is 36.8. The van der Waals surface area contributed by atoms with Gasteiger partial charge in [0.15, 0.2) is 23.0 Å². The zero-order valence-electron chi connectivity index (χ0n) is 15.3. The van der Waals surface area contributed by atoms with Crippen LogP contribution in [0.4, 0.5) is 0 Å². The van der Waals surface area contributed by atoms with E-state index < -0.39 is 7.82 Å². The van der Waals surface area contributed by atoms with Gasteiger partial charge in [-0.1, -0.05) is 18.2 Å². The third-order valence-corrected chi connectivity index (χ3v) is 3.99. The Morgan fingerprint density at radius 1 is 0.750 bits per heavy atom. The van der Waals surface area contributed by atoms with E-state index in [1.807, 2.05) is 0 Å². The van der Waals surface area contributed by atoms with Crippen LogP contribution in [0.2, 0.25) is 0 Å². The molecule has 28 heavy (non-hydrogen) atoms. The Morgan fingerprint density at radius 3 is 1.71 bits per heavy atom. The van der Waals surface area contributed by atoms with Crippen molar-refractivity contribution >= 4 is 71.4 Å². The number of phosphoric ester groups is 1. The maximum atomic E-state index is 11.1. The van der Waals surface area contributed by atoms with Crippen molar-refractivity contribution in [1.29, 1.82) is 0 Å². The molecule has 0 aliphatic rings. The number of methoxy groups -OCH3 is 4. The molecule has 10 heteroatoms. The van der Waals surface area contributed by atoms with Crippen LogP contribution in [0.3, 0.4) is 0 Å². The molecule has 0 atom stereocenters. The van der Waals surface area contributed by atoms with E-state index >= 15 is 0 Å². The third kappa shape index (κ3) is 6.79. The Bertz CT molecular complexity index is 853. The van der Waals surface area contributed by atoms with Gasteiger partial charge in [-0.3, -0.25) is 9.79 Å². The molecule has 0 fully saturated rings. The molecule has 0 heterocycles. The molecular weight excluding hydrogens is 414 g/mol. The standard InChI is InChI=1S/C18H21O8P.K.H/c1-22-14-8-7-12(9-15(14)26-27(19,20)21)5-6-13-10-16(23-2)18(25-4)17(11-13)24-3;;/h5-11H,1-4H3,(H2,19,20,21);;/b6-5-;;. The van der Waals surface area contributed by atoms with Crippen LogP contribution in [0, 0.1) is 0 Å². The van der Waals surface area contributed by atoms with Gasteiger partial charge in [-0.15, -0.1) is 0 Å². The van der Waals surface area contributed by atoms with E-state index in [0.717, 1.165) is 5.56 Å². The molecule has 0 saturated carbocycles. The zero-order valence-corrected chi connectivity index (χ0v) is 16.2. The molecule has 0 amide bonds. The predicted molar refractivity (Wildman–Crippen MR) is 108 cm³/mol. The normalized spacial score (nSPS) is 10.9. The van der Waals surface area contributed by atoms with Crippen LogP contribution in [0.1, 0.15) is 11.1 Å². The molecule has 2 N–H and O–H groups in total. The Morgan fingerprint density at radius 2 is 1.25 bits per heavy atom. The molecule has 0 aromatic heterocycles. The van der Waals surface area contributed by atoms with Gasteiger partial charge in [-0.25, -0.2) is 4.57 Å². The van der Waals surface area contributed by atoms with Crippen molar-refractivity contribution in [3.05, 3.63) is 41.5 Å². The van der Waals surface area contributed by atoms with Gasteiger partial charge >= 0.3 is 59.2 Å². The van der Waals surface area contributed by atoms with Crippen LogP contribution in [0.5, 0.6) is 28.7 Å². The molecule has 8 nitrogen and oxygen atoms in total. The van der Waals surface area contributed by atoms with Gasteiger partial charge in [0.05, 0.1) is 28.4 Å². The van der Waals surface area contributed by atoms with Crippen molar-refractivity contribution in [3.63, 3.8) is 0 Å². The number of hydrogen-bond donors (Lipinski definition) is 2. The second kappa shape index (κ2) is 11.2. The van der Waals surface area contributed by atoms with E-state index in [-0.39, 0.29) is 62.9 Å². The molecule has 0 saturated heterocycles. The second-order valence-electron chi connectivity index (χ2n) is 5.28. The van der Waals surface area contributed by atoms with E-state index in [9.17, 15) is 4.57 Å². The second-order valence-corrected chi connectivity index (χ2v) is 6.45. The van der Waals surface area contributed by atoms with E-state index in [1.165, 1.54) is 34.5 Å². The van der Waals surface area contributed by atoms with Crippen molar-refractivity contribution < 1.29 is 37.8 Å². The molecule has 2 rings (SSSR count). The zero-order chi connectivity index (χ0) is 20.0. The number of ether oxygens (including phenoxy) is 4. The van der Waals surface area contributed by atoms with Gasteiger partial charge in [0, 0.05) is 0 Å². The van der Waals surface area contributed by atoms with E-state index in [0.29, 0.717) is 22.8 Å². The topological polar surface area (TPSA) is 104 Å². The van der Waals surface area contributed by atoms with Crippen molar-refractivity contribution in [1.82, 2.24) is 0 Å². The Balaban J connectivity index is 0.00000392. The third-order valence-electron chi connectivity index (χ3n) is 3.56. The van der Waals surface area contributed by atoms with Gasteiger partial charge in [-0.2, -0.15) is 0 Å². The molecule has 2 aromatic carbocycles. The quantitative estimate of drug-likeness (QED) is 0.370. The molecule has 0 radical (unpaired) electrons. The van der Waals surface area contributed by atoms with Crippen molar-refractivity contribution in [2.24, 2.45) is 0 Å². The fourth-order valence-corrected chi connectivity index (χ4v) is 2.79. The monoisotopic (exact) mass is 436 g/mol. The van der Waals surface area contributed by atoms with Crippen molar-refractivity contribution in [3.8, 4) is 28.7 Å². The summed E-state index contributed by atoms with van der Waals surface area (Å²) in [6, 6.07) is 8.29. The van der Waals surface area contributed by atoms with Crippen molar-refractivity contribution in [2.75, 3.05) is 28.4 Å². The number of benzene rings is 2. The fourth-order valence-electron chi connectivity index (χ4n) is 2.39. The van der Waals surface area contributed by atoms with Crippen LogP contribution < -0.4 is 23.5 Å². The first-order valence-corrected chi connectivity index (χ1v) is 9.25. The minimum absolute atomic E-state index is 0. The maximum absolute atomic E-state index is 11.1. The van der Waals surface area contributed by atoms with Gasteiger partial charge in [0.2, 0.25) is 5.75 Å². The van der Waals surface area contributed by atoms with Gasteiger partial charge in [0.25, 0.3) is 0 Å². The van der Waals surface area contributed by atoms with Gasteiger partial charge in [-0.05, 0) is 35.4 Å². The summed E-state index contributed by atoms with van der Waals surface area (Å²) in [7, 11) is 1.26. The number of rotatable bonds is 8. The molecule has 0 unspecified atom stereocenters. The summed E-state index contributed by atoms with van der Waals surface area (Å²) in [5.74, 6) is 1.66. The molecule has 0 spiro atoms. The van der Waals surface area contributed by atoms with E-state index in [4.69, 9.17) is 28.7 Å². The molecule has 2 aromatic rings. The first-order valence-electron chi connectivity index (χ1n) is 7.72. The van der Waals surface area contributed by atoms with Crippen LogP contribution in [-0.4, -0.2) is 89.6 Å². The summed E-state index contributed by atoms with van der Waals surface area (Å²) in [5.41, 5.74) is 1.42. The summed E-state index contributed by atoms with van der Waals surface area (Å²) >= 11 is 0. The molecule has 0 bridgehead atoms. The molecule has 148 valence electrons. The predicted octanol–water partition coefficient (Wildman–Crippen LogP) is 2.71. The minimum atomic E-state index is -4.71. The number of phosphoric acid groups is 1. The average molecular weight is 436 g/mol. The van der Waals surface area contributed by atoms with E-state index in [1.54, 1.807) is 36.4 Å². The van der Waals surface area contributed by atoms with Crippen LogP contribution in [-0.2, 0) is 4.57 Å². The van der Waals surface area contributed by atoms with Crippen molar-refractivity contribution in [2.45, 2.75) is 0 Å². The fraction of sp³-hybridized carbons (Fsp3) is 0.222. The van der Waals surface area contributed by atoms with Gasteiger partial charge < -0.3 is 23.5 Å². The molecule has 0 aliphatic carbocycles. The van der Waals surface area contributed by atoms with Gasteiger partial charge in [0.1, 0.15) is 0 Å². The van der Waals surface area contributed by atoms with Crippen LogP contribution in [0.15, 0.2) is 30.3 Å². The average Bonchev–Trinajstić information content (AvgIpc) is 2.64. The Kier molecular flexibility index (Phi) is 10.0. The summed E-state index contributed by atoms with van der Waals surface area (Å²) in [6.45, 7) is 0. The van der Waals surface area contributed by atoms with Crippen LogP contribution in [0.25, 0.3) is 12.2 Å².